The number of nitrogens with one attached hydrogen (secondary N) is 1. The molecule has 1 fully saturated rings. The first-order valence-corrected chi connectivity index (χ1v) is 10.4. The summed E-state index contributed by atoms with van der Waals surface area (Å²) in [6.07, 6.45) is 3.80. The Morgan fingerprint density at radius 2 is 1.97 bits per heavy atom. The molecule has 1 aromatic carbocycles. The Kier molecular flexibility index (Phi) is 4.61. The molecule has 1 aliphatic heterocycles. The first-order chi connectivity index (χ1) is 14.2. The van der Waals surface area contributed by atoms with E-state index in [9.17, 15) is 4.79 Å². The number of hydrogen-bond donors (Lipinski definition) is 1. The van der Waals surface area contributed by atoms with Crippen LogP contribution >= 0.6 is 11.3 Å². The second kappa shape index (κ2) is 7.42. The SMILES string of the molecule is Cc1sc(C(=O)N2CCOCC2)nc1-c1c[nH]c2ncc(-c3ccccc3)cc12. The van der Waals surface area contributed by atoms with Gasteiger partial charge in [0.25, 0.3) is 5.91 Å². The minimum absolute atomic E-state index is 0.0180. The molecule has 6 nitrogen and oxygen atoms in total. The summed E-state index contributed by atoms with van der Waals surface area (Å²) in [7, 11) is 0. The van der Waals surface area contributed by atoms with Crippen molar-refractivity contribution in [1.82, 2.24) is 19.9 Å². The van der Waals surface area contributed by atoms with Crippen LogP contribution in [0.3, 0.4) is 0 Å². The summed E-state index contributed by atoms with van der Waals surface area (Å²) in [6.45, 7) is 4.41. The van der Waals surface area contributed by atoms with Crippen LogP contribution in [0.4, 0.5) is 0 Å². The highest BCUT2D eigenvalue weighted by atomic mass is 32.1. The summed E-state index contributed by atoms with van der Waals surface area (Å²) in [5.41, 5.74) is 4.79. The number of amides is 1. The minimum atomic E-state index is -0.0180. The minimum Gasteiger partial charge on any atom is -0.378 e. The number of nitrogens with zero attached hydrogens (tertiary/aromatic N) is 3. The van der Waals surface area contributed by atoms with Gasteiger partial charge in [-0.3, -0.25) is 4.79 Å². The first kappa shape index (κ1) is 18.0. The zero-order valence-corrected chi connectivity index (χ0v) is 16.8. The van der Waals surface area contributed by atoms with Crippen molar-refractivity contribution in [3.8, 4) is 22.4 Å². The number of carbonyl (C=O) groups excluding carboxylic acids is 1. The molecule has 0 spiro atoms. The molecule has 0 unspecified atom stereocenters. The van der Waals surface area contributed by atoms with Crippen molar-refractivity contribution in [2.75, 3.05) is 26.3 Å². The maximum absolute atomic E-state index is 12.8. The van der Waals surface area contributed by atoms with Gasteiger partial charge in [0.2, 0.25) is 0 Å². The van der Waals surface area contributed by atoms with Crippen LogP contribution in [-0.4, -0.2) is 52.1 Å². The summed E-state index contributed by atoms with van der Waals surface area (Å²) >= 11 is 1.45. The zero-order valence-electron chi connectivity index (χ0n) is 16.0. The van der Waals surface area contributed by atoms with Gasteiger partial charge in [-0.15, -0.1) is 11.3 Å². The predicted molar refractivity (Wildman–Crippen MR) is 114 cm³/mol. The average Bonchev–Trinajstić information content (AvgIpc) is 3.37. The number of ether oxygens (including phenoxy) is 1. The third-order valence-corrected chi connectivity index (χ3v) is 6.13. The van der Waals surface area contributed by atoms with Gasteiger partial charge >= 0.3 is 0 Å². The molecule has 0 bridgehead atoms. The highest BCUT2D eigenvalue weighted by Crippen LogP contribution is 2.34. The lowest BCUT2D eigenvalue weighted by Crippen LogP contribution is -2.40. The van der Waals surface area contributed by atoms with E-state index in [1.165, 1.54) is 11.3 Å². The van der Waals surface area contributed by atoms with Gasteiger partial charge in [-0.1, -0.05) is 30.3 Å². The normalized spacial score (nSPS) is 14.4. The zero-order chi connectivity index (χ0) is 19.8. The smallest absolute Gasteiger partial charge is 0.283 e. The van der Waals surface area contributed by atoms with E-state index in [4.69, 9.17) is 9.72 Å². The van der Waals surface area contributed by atoms with Crippen LogP contribution < -0.4 is 0 Å². The van der Waals surface area contributed by atoms with E-state index in [0.717, 1.165) is 38.3 Å². The number of rotatable bonds is 3. The van der Waals surface area contributed by atoms with E-state index in [2.05, 4.69) is 28.2 Å². The quantitative estimate of drug-likeness (QED) is 0.557. The van der Waals surface area contributed by atoms with Gasteiger partial charge in [0.1, 0.15) is 5.65 Å². The van der Waals surface area contributed by atoms with Gasteiger partial charge in [-0.05, 0) is 18.6 Å². The molecule has 146 valence electrons. The van der Waals surface area contributed by atoms with Crippen LogP contribution in [-0.2, 0) is 4.74 Å². The Morgan fingerprint density at radius 3 is 2.76 bits per heavy atom. The number of pyridine rings is 1. The molecule has 7 heteroatoms. The lowest BCUT2D eigenvalue weighted by molar-refractivity contribution is 0.0303. The number of H-pyrrole nitrogens is 1. The van der Waals surface area contributed by atoms with Crippen molar-refractivity contribution in [3.63, 3.8) is 0 Å². The highest BCUT2D eigenvalue weighted by Gasteiger charge is 2.24. The van der Waals surface area contributed by atoms with Crippen molar-refractivity contribution in [3.05, 3.63) is 58.7 Å². The number of aromatic nitrogens is 3. The van der Waals surface area contributed by atoms with Gasteiger partial charge < -0.3 is 14.6 Å². The van der Waals surface area contributed by atoms with Crippen LogP contribution in [0.5, 0.6) is 0 Å². The van der Waals surface area contributed by atoms with Crippen LogP contribution in [0.2, 0.25) is 0 Å². The number of carbonyl (C=O) groups is 1. The molecule has 0 radical (unpaired) electrons. The second-order valence-electron chi connectivity index (χ2n) is 7.02. The van der Waals surface area contributed by atoms with Crippen molar-refractivity contribution in [1.29, 1.82) is 0 Å². The fourth-order valence-corrected chi connectivity index (χ4v) is 4.52. The van der Waals surface area contributed by atoms with Crippen molar-refractivity contribution in [2.45, 2.75) is 6.92 Å². The largest absolute Gasteiger partial charge is 0.378 e. The summed E-state index contributed by atoms with van der Waals surface area (Å²) in [4.78, 5) is 28.2. The summed E-state index contributed by atoms with van der Waals surface area (Å²) in [5, 5.41) is 1.53. The topological polar surface area (TPSA) is 71.1 Å². The molecule has 4 heterocycles. The predicted octanol–water partition coefficient (Wildman–Crippen LogP) is 4.13. The molecular formula is C22H20N4O2S. The molecule has 3 aromatic heterocycles. The molecular weight excluding hydrogens is 384 g/mol. The Hall–Kier alpha value is -3.03. The molecule has 4 aromatic rings. The summed E-state index contributed by atoms with van der Waals surface area (Å²) in [6, 6.07) is 12.3. The number of thiazole rings is 1. The maximum Gasteiger partial charge on any atom is 0.283 e. The standard InChI is InChI=1S/C22H20N4O2S/c1-14-19(25-21(29-14)22(27)26-7-9-28-10-8-26)18-13-24-20-17(18)11-16(12-23-20)15-5-3-2-4-6-15/h2-6,11-13H,7-10H2,1H3,(H,23,24). The van der Waals surface area contributed by atoms with Gasteiger partial charge in [0.05, 0.1) is 18.9 Å². The van der Waals surface area contributed by atoms with Gasteiger partial charge in [-0.2, -0.15) is 0 Å². The van der Waals surface area contributed by atoms with Crippen molar-refractivity contribution < 1.29 is 9.53 Å². The fraction of sp³-hybridized carbons (Fsp3) is 0.227. The van der Waals surface area contributed by atoms with E-state index in [-0.39, 0.29) is 5.91 Å². The third kappa shape index (κ3) is 3.32. The molecule has 29 heavy (non-hydrogen) atoms. The lowest BCUT2D eigenvalue weighted by atomic mass is 10.0. The Labute approximate surface area is 172 Å². The third-order valence-electron chi connectivity index (χ3n) is 5.17. The van der Waals surface area contributed by atoms with Crippen LogP contribution in [0.1, 0.15) is 14.7 Å². The average molecular weight is 404 g/mol. The molecule has 1 aliphatic rings. The van der Waals surface area contributed by atoms with E-state index >= 15 is 0 Å². The molecule has 1 saturated heterocycles. The van der Waals surface area contributed by atoms with Crippen LogP contribution in [0, 0.1) is 6.92 Å². The number of aromatic amines is 1. The molecule has 1 N–H and O–H groups in total. The van der Waals surface area contributed by atoms with Gasteiger partial charge in [-0.25, -0.2) is 9.97 Å². The summed E-state index contributed by atoms with van der Waals surface area (Å²) < 4.78 is 5.35. The van der Waals surface area contributed by atoms with Gasteiger partial charge in [0.15, 0.2) is 5.01 Å². The number of hydrogen-bond acceptors (Lipinski definition) is 5. The number of aryl methyl sites for hydroxylation is 1. The molecule has 5 rings (SSSR count). The van der Waals surface area contributed by atoms with Crippen LogP contribution in [0.25, 0.3) is 33.4 Å². The Morgan fingerprint density at radius 1 is 1.17 bits per heavy atom. The monoisotopic (exact) mass is 404 g/mol. The number of morpholine rings is 1. The number of fused-ring (bicyclic) bond motifs is 1. The first-order valence-electron chi connectivity index (χ1n) is 9.58. The van der Waals surface area contributed by atoms with Gasteiger partial charge in [0, 0.05) is 46.9 Å². The highest BCUT2D eigenvalue weighted by molar-refractivity contribution is 7.14. The van der Waals surface area contributed by atoms with E-state index in [1.807, 2.05) is 42.4 Å². The maximum atomic E-state index is 12.8. The summed E-state index contributed by atoms with van der Waals surface area (Å²) in [5.74, 6) is -0.0180. The van der Waals surface area contributed by atoms with E-state index in [0.29, 0.717) is 31.3 Å². The molecule has 0 saturated carbocycles. The number of benzene rings is 1. The molecule has 0 aliphatic carbocycles. The van der Waals surface area contributed by atoms with E-state index < -0.39 is 0 Å². The van der Waals surface area contributed by atoms with Crippen LogP contribution in [0.15, 0.2) is 48.8 Å². The van der Waals surface area contributed by atoms with Crippen molar-refractivity contribution >= 4 is 28.3 Å². The Bertz CT molecular complexity index is 1180. The fourth-order valence-electron chi connectivity index (χ4n) is 3.63. The second-order valence-corrected chi connectivity index (χ2v) is 8.22. The lowest BCUT2D eigenvalue weighted by Gasteiger charge is -2.25. The molecule has 1 amide bonds. The Balaban J connectivity index is 1.54. The molecule has 0 atom stereocenters. The van der Waals surface area contributed by atoms with Crippen molar-refractivity contribution in [2.24, 2.45) is 0 Å². The van der Waals surface area contributed by atoms with E-state index in [1.54, 1.807) is 0 Å².